The molecule has 0 spiro atoms. The van der Waals surface area contributed by atoms with E-state index in [0.717, 1.165) is 10.2 Å². The maximum Gasteiger partial charge on any atom is 0.292 e. The molecule has 27 heavy (non-hydrogen) atoms. The van der Waals surface area contributed by atoms with Crippen LogP contribution in [-0.2, 0) is 11.3 Å². The van der Waals surface area contributed by atoms with E-state index in [0.29, 0.717) is 32.9 Å². The summed E-state index contributed by atoms with van der Waals surface area (Å²) in [6.07, 6.45) is 0.915. The summed E-state index contributed by atoms with van der Waals surface area (Å²) >= 11 is 13.8. The van der Waals surface area contributed by atoms with E-state index in [-0.39, 0.29) is 6.61 Å². The topological polar surface area (TPSA) is 52.8 Å². The standard InChI is InChI=1S/C19H14Cl2N2O3S/c1-2-7-23-17-12(21)8-11(20)9-16(17)27-19(23)22-18(24)15-10-25-13-5-3-4-6-14(13)26-15/h2-6,8-9,15H,1,7,10H2. The van der Waals surface area contributed by atoms with Gasteiger partial charge >= 0.3 is 0 Å². The molecule has 8 heteroatoms. The van der Waals surface area contributed by atoms with Gasteiger partial charge in [0, 0.05) is 11.6 Å². The number of nitrogens with zero attached hydrogens (tertiary/aromatic N) is 2. The molecule has 0 saturated heterocycles. The summed E-state index contributed by atoms with van der Waals surface area (Å²) in [7, 11) is 0. The first-order valence-corrected chi connectivity index (χ1v) is 9.70. The van der Waals surface area contributed by atoms with E-state index < -0.39 is 12.0 Å². The van der Waals surface area contributed by atoms with E-state index in [4.69, 9.17) is 32.7 Å². The van der Waals surface area contributed by atoms with Gasteiger partial charge in [0.05, 0.1) is 15.2 Å². The van der Waals surface area contributed by atoms with Crippen LogP contribution in [0.3, 0.4) is 0 Å². The van der Waals surface area contributed by atoms with Crippen molar-refractivity contribution in [1.82, 2.24) is 4.57 Å². The second-order valence-electron chi connectivity index (χ2n) is 5.83. The molecule has 1 amide bonds. The number of amides is 1. The molecule has 0 aliphatic carbocycles. The molecule has 0 fully saturated rings. The van der Waals surface area contributed by atoms with Gasteiger partial charge in [-0.25, -0.2) is 0 Å². The molecular formula is C19H14Cl2N2O3S. The number of fused-ring (bicyclic) bond motifs is 2. The average Bonchev–Trinajstić information content (AvgIpc) is 2.98. The molecule has 4 rings (SSSR count). The third-order valence-electron chi connectivity index (χ3n) is 4.00. The van der Waals surface area contributed by atoms with Crippen molar-refractivity contribution in [2.24, 2.45) is 4.99 Å². The van der Waals surface area contributed by atoms with Crippen LogP contribution in [0.25, 0.3) is 10.2 Å². The summed E-state index contributed by atoms with van der Waals surface area (Å²) in [6, 6.07) is 10.7. The predicted molar refractivity (Wildman–Crippen MR) is 107 cm³/mol. The van der Waals surface area contributed by atoms with Crippen molar-refractivity contribution < 1.29 is 14.3 Å². The quantitative estimate of drug-likeness (QED) is 0.587. The lowest BCUT2D eigenvalue weighted by molar-refractivity contribution is -0.127. The third-order valence-corrected chi connectivity index (χ3v) is 5.53. The normalized spacial score (nSPS) is 16.5. The minimum Gasteiger partial charge on any atom is -0.485 e. The Morgan fingerprint density at radius 1 is 1.33 bits per heavy atom. The lowest BCUT2D eigenvalue weighted by atomic mass is 10.2. The van der Waals surface area contributed by atoms with Gasteiger partial charge in [-0.15, -0.1) is 6.58 Å². The van der Waals surface area contributed by atoms with Crippen molar-refractivity contribution in [2.75, 3.05) is 6.61 Å². The van der Waals surface area contributed by atoms with Crippen LogP contribution in [0.15, 0.2) is 54.0 Å². The minimum atomic E-state index is -0.804. The maximum absolute atomic E-state index is 12.7. The number of carbonyl (C=O) groups excluding carboxylic acids is 1. The fraction of sp³-hybridized carbons (Fsp3) is 0.158. The van der Waals surface area contributed by atoms with Crippen LogP contribution in [0, 0.1) is 0 Å². The van der Waals surface area contributed by atoms with Crippen molar-refractivity contribution in [3.63, 3.8) is 0 Å². The summed E-state index contributed by atoms with van der Waals surface area (Å²) in [5, 5.41) is 1.02. The van der Waals surface area contributed by atoms with Gasteiger partial charge < -0.3 is 14.0 Å². The van der Waals surface area contributed by atoms with Crippen molar-refractivity contribution in [3.8, 4) is 11.5 Å². The average molecular weight is 421 g/mol. The van der Waals surface area contributed by atoms with Crippen molar-refractivity contribution >= 4 is 50.7 Å². The van der Waals surface area contributed by atoms with Gasteiger partial charge in [-0.05, 0) is 24.3 Å². The van der Waals surface area contributed by atoms with E-state index in [2.05, 4.69) is 11.6 Å². The molecule has 0 radical (unpaired) electrons. The second-order valence-corrected chi connectivity index (χ2v) is 7.69. The SMILES string of the molecule is C=CCn1c(=NC(=O)C2COc3ccccc3O2)sc2cc(Cl)cc(Cl)c21. The van der Waals surface area contributed by atoms with Gasteiger partial charge in [-0.1, -0.05) is 52.7 Å². The fourth-order valence-electron chi connectivity index (χ4n) is 2.82. The Balaban J connectivity index is 1.74. The molecule has 1 aliphatic heterocycles. The molecule has 1 aromatic heterocycles. The molecule has 1 aliphatic rings. The zero-order valence-electron chi connectivity index (χ0n) is 14.0. The summed E-state index contributed by atoms with van der Waals surface area (Å²) in [4.78, 5) is 17.5. The number of ether oxygens (including phenoxy) is 2. The minimum absolute atomic E-state index is 0.109. The van der Waals surface area contributed by atoms with Crippen LogP contribution in [0.5, 0.6) is 11.5 Å². The number of carbonyl (C=O) groups is 1. The number of hydrogen-bond donors (Lipinski definition) is 0. The third kappa shape index (κ3) is 3.48. The largest absolute Gasteiger partial charge is 0.485 e. The van der Waals surface area contributed by atoms with Crippen molar-refractivity contribution in [3.05, 3.63) is 63.9 Å². The number of hydrogen-bond acceptors (Lipinski definition) is 4. The van der Waals surface area contributed by atoms with Crippen LogP contribution in [0.2, 0.25) is 10.0 Å². The zero-order chi connectivity index (χ0) is 19.0. The first kappa shape index (κ1) is 18.1. The number of aromatic nitrogens is 1. The number of thiazole rings is 1. The first-order chi connectivity index (χ1) is 13.1. The van der Waals surface area contributed by atoms with Gasteiger partial charge in [0.15, 0.2) is 16.3 Å². The first-order valence-electron chi connectivity index (χ1n) is 8.13. The summed E-state index contributed by atoms with van der Waals surface area (Å²) < 4.78 is 14.0. The smallest absolute Gasteiger partial charge is 0.292 e. The van der Waals surface area contributed by atoms with Crippen LogP contribution in [-0.4, -0.2) is 23.2 Å². The fourth-order valence-corrected chi connectivity index (χ4v) is 4.65. The van der Waals surface area contributed by atoms with Crippen molar-refractivity contribution in [1.29, 1.82) is 0 Å². The maximum atomic E-state index is 12.7. The molecule has 1 atom stereocenters. The highest BCUT2D eigenvalue weighted by Crippen LogP contribution is 2.32. The van der Waals surface area contributed by atoms with Crippen LogP contribution < -0.4 is 14.3 Å². The highest BCUT2D eigenvalue weighted by atomic mass is 35.5. The van der Waals surface area contributed by atoms with E-state index in [1.807, 2.05) is 16.7 Å². The Hall–Kier alpha value is -2.28. The molecule has 0 bridgehead atoms. The number of benzene rings is 2. The van der Waals surface area contributed by atoms with Gasteiger partial charge in [0.25, 0.3) is 5.91 Å². The van der Waals surface area contributed by atoms with Crippen LogP contribution in [0.1, 0.15) is 0 Å². The second kappa shape index (κ2) is 7.38. The molecular weight excluding hydrogens is 407 g/mol. The molecule has 0 saturated carbocycles. The van der Waals surface area contributed by atoms with Crippen LogP contribution >= 0.6 is 34.5 Å². The van der Waals surface area contributed by atoms with E-state index in [1.54, 1.807) is 30.3 Å². The monoisotopic (exact) mass is 420 g/mol. The zero-order valence-corrected chi connectivity index (χ0v) is 16.4. The molecule has 1 unspecified atom stereocenters. The molecule has 3 aromatic rings. The van der Waals surface area contributed by atoms with Gasteiger partial charge in [0.1, 0.15) is 6.61 Å². The molecule has 2 aromatic carbocycles. The molecule has 138 valence electrons. The highest BCUT2D eigenvalue weighted by Gasteiger charge is 2.27. The lowest BCUT2D eigenvalue weighted by Gasteiger charge is -2.23. The molecule has 0 N–H and O–H groups in total. The van der Waals surface area contributed by atoms with Gasteiger partial charge in [-0.2, -0.15) is 4.99 Å². The van der Waals surface area contributed by atoms with Gasteiger partial charge in [-0.3, -0.25) is 4.79 Å². The van der Waals surface area contributed by atoms with Gasteiger partial charge in [0.2, 0.25) is 6.10 Å². The summed E-state index contributed by atoms with van der Waals surface area (Å²) in [5.41, 5.74) is 0.767. The Morgan fingerprint density at radius 3 is 2.89 bits per heavy atom. The Morgan fingerprint density at radius 2 is 2.11 bits per heavy atom. The van der Waals surface area contributed by atoms with Crippen molar-refractivity contribution in [2.45, 2.75) is 12.6 Å². The Labute approximate surface area is 169 Å². The molecule has 5 nitrogen and oxygen atoms in total. The lowest BCUT2D eigenvalue weighted by Crippen LogP contribution is -2.36. The number of allylic oxidation sites excluding steroid dienone is 1. The predicted octanol–water partition coefficient (Wildman–Crippen LogP) is 4.46. The van der Waals surface area contributed by atoms with E-state index >= 15 is 0 Å². The highest BCUT2D eigenvalue weighted by molar-refractivity contribution is 7.16. The van der Waals surface area contributed by atoms with E-state index in [9.17, 15) is 4.79 Å². The number of halogens is 2. The van der Waals surface area contributed by atoms with Crippen LogP contribution in [0.4, 0.5) is 0 Å². The summed E-state index contributed by atoms with van der Waals surface area (Å²) in [5.74, 6) is 0.727. The number of para-hydroxylation sites is 2. The Bertz CT molecular complexity index is 1120. The molecule has 2 heterocycles. The van der Waals surface area contributed by atoms with E-state index in [1.165, 1.54) is 11.3 Å². The summed E-state index contributed by atoms with van der Waals surface area (Å²) in [6.45, 7) is 4.33. The Kier molecular flexibility index (Phi) is 4.95. The number of rotatable bonds is 3.